The molecule has 1 aromatic rings. The fraction of sp³-hybridized carbons (Fsp3) is 0.455. The average Bonchev–Trinajstić information content (AvgIpc) is 2.26. The second kappa shape index (κ2) is 5.47. The highest BCUT2D eigenvalue weighted by atomic mass is 35.5. The Bertz CT molecular complexity index is 313. The molecule has 0 radical (unpaired) electrons. The second-order valence-electron chi connectivity index (χ2n) is 3.86. The zero-order valence-corrected chi connectivity index (χ0v) is 9.46. The standard InChI is InChI=1S/C11H16ClNO2/c1-11(7-14,8-15)13-6-9-3-2-4-10(12)5-9/h2-5,13-15H,6-8H2,1H3. The molecular weight excluding hydrogens is 214 g/mol. The first kappa shape index (κ1) is 12.5. The van der Waals surface area contributed by atoms with Crippen molar-refractivity contribution in [2.45, 2.75) is 19.0 Å². The van der Waals surface area contributed by atoms with E-state index in [0.29, 0.717) is 11.6 Å². The zero-order valence-electron chi connectivity index (χ0n) is 8.70. The molecule has 0 spiro atoms. The van der Waals surface area contributed by atoms with Crippen LogP contribution < -0.4 is 5.32 Å². The highest BCUT2D eigenvalue weighted by molar-refractivity contribution is 6.30. The fourth-order valence-electron chi connectivity index (χ4n) is 1.12. The molecule has 0 fully saturated rings. The zero-order chi connectivity index (χ0) is 11.3. The maximum Gasteiger partial charge on any atom is 0.0633 e. The molecule has 3 N–H and O–H groups in total. The lowest BCUT2D eigenvalue weighted by atomic mass is 10.0. The maximum atomic E-state index is 9.07. The highest BCUT2D eigenvalue weighted by Crippen LogP contribution is 2.11. The van der Waals surface area contributed by atoms with Crippen molar-refractivity contribution in [1.29, 1.82) is 0 Å². The number of aliphatic hydroxyl groups excluding tert-OH is 2. The molecule has 0 aliphatic rings. The van der Waals surface area contributed by atoms with Gasteiger partial charge in [0, 0.05) is 11.6 Å². The molecule has 0 aliphatic heterocycles. The first-order chi connectivity index (χ1) is 7.09. The molecule has 0 atom stereocenters. The Morgan fingerprint density at radius 3 is 2.53 bits per heavy atom. The molecule has 0 unspecified atom stereocenters. The lowest BCUT2D eigenvalue weighted by molar-refractivity contribution is 0.103. The molecule has 0 amide bonds. The van der Waals surface area contributed by atoms with E-state index in [9.17, 15) is 0 Å². The molecule has 0 aromatic heterocycles. The molecule has 1 aromatic carbocycles. The van der Waals surface area contributed by atoms with Gasteiger partial charge in [0.05, 0.1) is 18.8 Å². The van der Waals surface area contributed by atoms with E-state index in [1.807, 2.05) is 24.3 Å². The summed E-state index contributed by atoms with van der Waals surface area (Å²) in [7, 11) is 0. The third kappa shape index (κ3) is 3.80. The van der Waals surface area contributed by atoms with Gasteiger partial charge in [-0.25, -0.2) is 0 Å². The van der Waals surface area contributed by atoms with Crippen LogP contribution in [0.15, 0.2) is 24.3 Å². The summed E-state index contributed by atoms with van der Waals surface area (Å²) >= 11 is 5.84. The molecular formula is C11H16ClNO2. The van der Waals surface area contributed by atoms with Crippen molar-refractivity contribution in [1.82, 2.24) is 5.32 Å². The Hall–Kier alpha value is -0.610. The van der Waals surface area contributed by atoms with E-state index < -0.39 is 5.54 Å². The summed E-state index contributed by atoms with van der Waals surface area (Å²) in [5, 5.41) is 21.9. The summed E-state index contributed by atoms with van der Waals surface area (Å²) in [6, 6.07) is 7.47. The SMILES string of the molecule is CC(CO)(CO)NCc1cccc(Cl)c1. The van der Waals surface area contributed by atoms with Gasteiger partial charge in [0.15, 0.2) is 0 Å². The topological polar surface area (TPSA) is 52.5 Å². The number of hydrogen-bond donors (Lipinski definition) is 3. The minimum atomic E-state index is -0.650. The predicted molar refractivity (Wildman–Crippen MR) is 60.9 cm³/mol. The van der Waals surface area contributed by atoms with Gasteiger partial charge in [-0.3, -0.25) is 0 Å². The summed E-state index contributed by atoms with van der Waals surface area (Å²) in [5.41, 5.74) is 0.373. The molecule has 3 nitrogen and oxygen atoms in total. The molecule has 0 aliphatic carbocycles. The minimum absolute atomic E-state index is 0.107. The first-order valence-corrected chi connectivity index (χ1v) is 5.18. The van der Waals surface area contributed by atoms with Gasteiger partial charge in [-0.05, 0) is 24.6 Å². The van der Waals surface area contributed by atoms with Crippen LogP contribution in [-0.2, 0) is 6.54 Å². The largest absolute Gasteiger partial charge is 0.394 e. The van der Waals surface area contributed by atoms with Crippen molar-refractivity contribution in [2.75, 3.05) is 13.2 Å². The number of halogens is 1. The number of aliphatic hydroxyl groups is 2. The minimum Gasteiger partial charge on any atom is -0.394 e. The van der Waals surface area contributed by atoms with Crippen LogP contribution in [0.2, 0.25) is 5.02 Å². The quantitative estimate of drug-likeness (QED) is 0.711. The van der Waals surface area contributed by atoms with Crippen LogP contribution in [0.5, 0.6) is 0 Å². The highest BCUT2D eigenvalue weighted by Gasteiger charge is 2.20. The predicted octanol–water partition coefficient (Wildman–Crippen LogP) is 1.17. The third-order valence-corrected chi connectivity index (χ3v) is 2.54. The lowest BCUT2D eigenvalue weighted by Gasteiger charge is -2.26. The van der Waals surface area contributed by atoms with Crippen molar-refractivity contribution in [3.8, 4) is 0 Å². The van der Waals surface area contributed by atoms with E-state index in [-0.39, 0.29) is 13.2 Å². The monoisotopic (exact) mass is 229 g/mol. The molecule has 1 rings (SSSR count). The Labute approximate surface area is 94.7 Å². The average molecular weight is 230 g/mol. The fourth-order valence-corrected chi connectivity index (χ4v) is 1.34. The van der Waals surface area contributed by atoms with E-state index in [2.05, 4.69) is 5.32 Å². The van der Waals surface area contributed by atoms with E-state index in [1.165, 1.54) is 0 Å². The first-order valence-electron chi connectivity index (χ1n) is 4.81. The normalized spacial score (nSPS) is 11.7. The van der Waals surface area contributed by atoms with E-state index >= 15 is 0 Å². The number of hydrogen-bond acceptors (Lipinski definition) is 3. The van der Waals surface area contributed by atoms with Gasteiger partial charge in [0.2, 0.25) is 0 Å². The molecule has 0 bridgehead atoms. The number of rotatable bonds is 5. The van der Waals surface area contributed by atoms with Gasteiger partial charge in [-0.1, -0.05) is 23.7 Å². The van der Waals surface area contributed by atoms with Crippen LogP contribution in [-0.4, -0.2) is 29.0 Å². The van der Waals surface area contributed by atoms with E-state index in [1.54, 1.807) is 6.92 Å². The van der Waals surface area contributed by atoms with Gasteiger partial charge < -0.3 is 15.5 Å². The Kier molecular flexibility index (Phi) is 4.54. The van der Waals surface area contributed by atoms with Crippen molar-refractivity contribution >= 4 is 11.6 Å². The molecule has 4 heteroatoms. The van der Waals surface area contributed by atoms with Gasteiger partial charge in [-0.15, -0.1) is 0 Å². The smallest absolute Gasteiger partial charge is 0.0633 e. The van der Waals surface area contributed by atoms with Gasteiger partial charge in [-0.2, -0.15) is 0 Å². The van der Waals surface area contributed by atoms with E-state index in [4.69, 9.17) is 21.8 Å². The van der Waals surface area contributed by atoms with Crippen LogP contribution >= 0.6 is 11.6 Å². The van der Waals surface area contributed by atoms with Gasteiger partial charge >= 0.3 is 0 Å². The molecule has 0 saturated heterocycles. The van der Waals surface area contributed by atoms with E-state index in [0.717, 1.165) is 5.56 Å². The molecule has 0 saturated carbocycles. The van der Waals surface area contributed by atoms with Crippen molar-refractivity contribution in [3.63, 3.8) is 0 Å². The Morgan fingerprint density at radius 1 is 1.33 bits per heavy atom. The summed E-state index contributed by atoms with van der Waals surface area (Å²) in [5.74, 6) is 0. The Morgan fingerprint density at radius 2 is 2.00 bits per heavy atom. The second-order valence-corrected chi connectivity index (χ2v) is 4.30. The van der Waals surface area contributed by atoms with Crippen LogP contribution in [0.25, 0.3) is 0 Å². The summed E-state index contributed by atoms with van der Waals surface area (Å²) in [6.07, 6.45) is 0. The molecule has 84 valence electrons. The number of benzene rings is 1. The maximum absolute atomic E-state index is 9.07. The summed E-state index contributed by atoms with van der Waals surface area (Å²) < 4.78 is 0. The number of nitrogens with one attached hydrogen (secondary N) is 1. The molecule has 15 heavy (non-hydrogen) atoms. The summed E-state index contributed by atoms with van der Waals surface area (Å²) in [6.45, 7) is 2.11. The van der Waals surface area contributed by atoms with Crippen LogP contribution in [0.4, 0.5) is 0 Å². The Balaban J connectivity index is 2.56. The van der Waals surface area contributed by atoms with Crippen molar-refractivity contribution in [3.05, 3.63) is 34.9 Å². The summed E-state index contributed by atoms with van der Waals surface area (Å²) in [4.78, 5) is 0. The van der Waals surface area contributed by atoms with Crippen LogP contribution in [0.3, 0.4) is 0 Å². The van der Waals surface area contributed by atoms with Gasteiger partial charge in [0.25, 0.3) is 0 Å². The molecule has 0 heterocycles. The van der Waals surface area contributed by atoms with Crippen LogP contribution in [0, 0.1) is 0 Å². The van der Waals surface area contributed by atoms with Crippen LogP contribution in [0.1, 0.15) is 12.5 Å². The van der Waals surface area contributed by atoms with Gasteiger partial charge in [0.1, 0.15) is 0 Å². The van der Waals surface area contributed by atoms with Crippen molar-refractivity contribution < 1.29 is 10.2 Å². The van der Waals surface area contributed by atoms with Crippen molar-refractivity contribution in [2.24, 2.45) is 0 Å². The lowest BCUT2D eigenvalue weighted by Crippen LogP contribution is -2.48. The third-order valence-electron chi connectivity index (χ3n) is 2.31.